The molecule has 1 heteroatoms. The van der Waals surface area contributed by atoms with Crippen molar-refractivity contribution in [3.63, 3.8) is 0 Å². The molecule has 4 rings (SSSR count). The lowest BCUT2D eigenvalue weighted by Crippen LogP contribution is -2.18. The number of nitrogens with zero attached hydrogens (tertiary/aromatic N) is 1. The highest BCUT2D eigenvalue weighted by Crippen LogP contribution is 2.36. The Labute approximate surface area is 163 Å². The summed E-state index contributed by atoms with van der Waals surface area (Å²) in [5, 5.41) is 0. The molecular formula is C26H29N. The largest absolute Gasteiger partial charge is 0.337 e. The Kier molecular flexibility index (Phi) is 5.29. The smallest absolute Gasteiger partial charge is 0.0449 e. The molecule has 0 unspecified atom stereocenters. The number of para-hydroxylation sites is 2. The molecular weight excluding hydrogens is 326 g/mol. The van der Waals surface area contributed by atoms with Gasteiger partial charge in [-0.2, -0.15) is 0 Å². The van der Waals surface area contributed by atoms with Gasteiger partial charge in [0.15, 0.2) is 0 Å². The molecule has 0 amide bonds. The number of hydrogen-bond acceptors (Lipinski definition) is 1. The second-order valence-corrected chi connectivity index (χ2v) is 7.81. The molecule has 0 spiro atoms. The van der Waals surface area contributed by atoms with Crippen molar-refractivity contribution in [3.8, 4) is 0 Å². The summed E-state index contributed by atoms with van der Waals surface area (Å²) in [7, 11) is 0. The first-order valence-corrected chi connectivity index (χ1v) is 10.2. The number of fused-ring (bicyclic) bond motifs is 1. The van der Waals surface area contributed by atoms with E-state index < -0.39 is 0 Å². The van der Waals surface area contributed by atoms with Gasteiger partial charge in [-0.15, -0.1) is 0 Å². The van der Waals surface area contributed by atoms with Crippen LogP contribution in [0.1, 0.15) is 45.1 Å². The zero-order chi connectivity index (χ0) is 18.6. The van der Waals surface area contributed by atoms with Crippen LogP contribution in [0.3, 0.4) is 0 Å². The monoisotopic (exact) mass is 355 g/mol. The van der Waals surface area contributed by atoms with Crippen molar-refractivity contribution in [1.82, 2.24) is 0 Å². The molecule has 1 aliphatic heterocycles. The highest BCUT2D eigenvalue weighted by molar-refractivity contribution is 5.68. The molecule has 0 atom stereocenters. The van der Waals surface area contributed by atoms with Gasteiger partial charge in [0.1, 0.15) is 0 Å². The van der Waals surface area contributed by atoms with Gasteiger partial charge in [0.2, 0.25) is 0 Å². The van der Waals surface area contributed by atoms with E-state index >= 15 is 0 Å². The fraction of sp³-hybridized carbons (Fsp3) is 0.308. The van der Waals surface area contributed by atoms with Gasteiger partial charge in [-0.1, -0.05) is 59.7 Å². The average molecular weight is 356 g/mol. The van der Waals surface area contributed by atoms with E-state index in [4.69, 9.17) is 0 Å². The highest BCUT2D eigenvalue weighted by Gasteiger charge is 2.18. The van der Waals surface area contributed by atoms with Crippen molar-refractivity contribution in [1.29, 1.82) is 0 Å². The normalized spacial score (nSPS) is 18.1. The van der Waals surface area contributed by atoms with Crippen molar-refractivity contribution < 1.29 is 0 Å². The predicted molar refractivity (Wildman–Crippen MR) is 117 cm³/mol. The van der Waals surface area contributed by atoms with Crippen LogP contribution in [0.5, 0.6) is 0 Å². The Bertz CT molecular complexity index is 899. The first-order chi connectivity index (χ1) is 13.2. The number of rotatable bonds is 2. The standard InChI is InChI=1S/C26H29N/c1-20-11-6-8-15-24(20)25-16-10-18-27(23-13-4-3-5-14-23)26-17-9-7-12-22(26)19-21(25)2/h3-5,7,9-10,12-14,16-17H,6,8,11,15,18-19H2,1-2H3. The summed E-state index contributed by atoms with van der Waals surface area (Å²) in [6.45, 7) is 5.55. The van der Waals surface area contributed by atoms with Crippen molar-refractivity contribution in [2.75, 3.05) is 11.4 Å². The Hall–Kier alpha value is -2.54. The summed E-state index contributed by atoms with van der Waals surface area (Å²) in [5.41, 5.74) is 10.1. The molecule has 0 fully saturated rings. The first-order valence-electron chi connectivity index (χ1n) is 10.2. The van der Waals surface area contributed by atoms with Gasteiger partial charge in [0, 0.05) is 17.9 Å². The molecule has 1 aliphatic carbocycles. The van der Waals surface area contributed by atoms with Gasteiger partial charge in [0.25, 0.3) is 0 Å². The topological polar surface area (TPSA) is 3.24 Å². The molecule has 0 saturated heterocycles. The van der Waals surface area contributed by atoms with Crippen LogP contribution in [-0.2, 0) is 6.42 Å². The molecule has 0 N–H and O–H groups in total. The highest BCUT2D eigenvalue weighted by atomic mass is 15.1. The molecule has 0 aromatic heterocycles. The Morgan fingerprint density at radius 1 is 0.778 bits per heavy atom. The van der Waals surface area contributed by atoms with Gasteiger partial charge in [-0.05, 0) is 80.9 Å². The van der Waals surface area contributed by atoms with Gasteiger partial charge < -0.3 is 4.90 Å². The van der Waals surface area contributed by atoms with Crippen LogP contribution in [0.2, 0.25) is 0 Å². The van der Waals surface area contributed by atoms with E-state index in [0.29, 0.717) is 0 Å². The fourth-order valence-electron chi connectivity index (χ4n) is 4.45. The lowest BCUT2D eigenvalue weighted by molar-refractivity contribution is 0.677. The third kappa shape index (κ3) is 3.78. The molecule has 1 heterocycles. The van der Waals surface area contributed by atoms with E-state index in [1.165, 1.54) is 53.8 Å². The van der Waals surface area contributed by atoms with Crippen LogP contribution in [0, 0.1) is 0 Å². The third-order valence-corrected chi connectivity index (χ3v) is 5.91. The van der Waals surface area contributed by atoms with E-state index in [2.05, 4.69) is 85.5 Å². The zero-order valence-electron chi connectivity index (χ0n) is 16.5. The summed E-state index contributed by atoms with van der Waals surface area (Å²) in [6, 6.07) is 19.6. The van der Waals surface area contributed by atoms with Crippen molar-refractivity contribution in [2.24, 2.45) is 0 Å². The molecule has 2 aromatic rings. The maximum Gasteiger partial charge on any atom is 0.0449 e. The van der Waals surface area contributed by atoms with Crippen LogP contribution < -0.4 is 4.90 Å². The van der Waals surface area contributed by atoms with Crippen LogP contribution >= 0.6 is 0 Å². The minimum absolute atomic E-state index is 0.893. The van der Waals surface area contributed by atoms with Crippen LogP contribution in [0.4, 0.5) is 11.4 Å². The number of hydrogen-bond donors (Lipinski definition) is 0. The predicted octanol–water partition coefficient (Wildman–Crippen LogP) is 7.14. The van der Waals surface area contributed by atoms with Crippen molar-refractivity contribution in [2.45, 2.75) is 46.0 Å². The number of anilines is 2. The maximum absolute atomic E-state index is 2.43. The summed E-state index contributed by atoms with van der Waals surface area (Å²) < 4.78 is 0. The fourth-order valence-corrected chi connectivity index (χ4v) is 4.45. The zero-order valence-corrected chi connectivity index (χ0v) is 16.5. The number of allylic oxidation sites excluding steroid dienone is 5. The van der Waals surface area contributed by atoms with Crippen LogP contribution in [0.25, 0.3) is 0 Å². The summed E-state index contributed by atoms with van der Waals surface area (Å²) in [5.74, 6) is 0. The van der Waals surface area contributed by atoms with E-state index in [1.54, 1.807) is 11.1 Å². The molecule has 27 heavy (non-hydrogen) atoms. The summed E-state index contributed by atoms with van der Waals surface area (Å²) in [4.78, 5) is 2.43. The van der Waals surface area contributed by atoms with Crippen molar-refractivity contribution in [3.05, 3.63) is 94.6 Å². The SMILES string of the molecule is CC1=C(C2=C(C)CCCC2)C=CCN(c2ccccc2)c2ccccc2C1. The Morgan fingerprint density at radius 2 is 1.52 bits per heavy atom. The lowest BCUT2D eigenvalue weighted by Gasteiger charge is -2.26. The quantitative estimate of drug-likeness (QED) is 0.553. The lowest BCUT2D eigenvalue weighted by atomic mass is 9.85. The van der Waals surface area contributed by atoms with Gasteiger partial charge >= 0.3 is 0 Å². The molecule has 2 aliphatic rings. The van der Waals surface area contributed by atoms with E-state index in [0.717, 1.165) is 13.0 Å². The molecule has 0 saturated carbocycles. The molecule has 0 radical (unpaired) electrons. The first kappa shape index (κ1) is 17.9. The molecule has 1 nitrogen and oxygen atoms in total. The maximum atomic E-state index is 2.43. The van der Waals surface area contributed by atoms with E-state index in [9.17, 15) is 0 Å². The van der Waals surface area contributed by atoms with Crippen LogP contribution in [-0.4, -0.2) is 6.54 Å². The van der Waals surface area contributed by atoms with Gasteiger partial charge in [-0.25, -0.2) is 0 Å². The minimum atomic E-state index is 0.893. The molecule has 2 aromatic carbocycles. The van der Waals surface area contributed by atoms with Gasteiger partial charge in [0.05, 0.1) is 0 Å². The molecule has 0 bridgehead atoms. The Morgan fingerprint density at radius 3 is 2.33 bits per heavy atom. The minimum Gasteiger partial charge on any atom is -0.337 e. The molecule has 138 valence electrons. The van der Waals surface area contributed by atoms with Gasteiger partial charge in [-0.3, -0.25) is 0 Å². The third-order valence-electron chi connectivity index (χ3n) is 5.91. The second kappa shape index (κ2) is 8.00. The van der Waals surface area contributed by atoms with E-state index in [-0.39, 0.29) is 0 Å². The number of benzene rings is 2. The van der Waals surface area contributed by atoms with E-state index in [1.807, 2.05) is 0 Å². The Balaban J connectivity index is 1.80. The second-order valence-electron chi connectivity index (χ2n) is 7.81. The summed E-state index contributed by atoms with van der Waals surface area (Å²) in [6.07, 6.45) is 10.9. The summed E-state index contributed by atoms with van der Waals surface area (Å²) >= 11 is 0. The van der Waals surface area contributed by atoms with Crippen LogP contribution in [0.15, 0.2) is 89.0 Å². The average Bonchev–Trinajstić information content (AvgIpc) is 2.77. The van der Waals surface area contributed by atoms with Crippen molar-refractivity contribution >= 4 is 11.4 Å².